The molecule has 0 atom stereocenters. The van der Waals surface area contributed by atoms with E-state index in [2.05, 4.69) is 21.2 Å². The number of anilines is 1. The smallest absolute Gasteiger partial charge is 0.310 e. The minimum Gasteiger partial charge on any atom is -0.481 e. The Balaban J connectivity index is 2.92. The number of hydrogen-bond donors (Lipinski definition) is 2. The van der Waals surface area contributed by atoms with E-state index < -0.39 is 17.3 Å². The van der Waals surface area contributed by atoms with Crippen LogP contribution < -0.4 is 5.32 Å². The predicted octanol–water partition coefficient (Wildman–Crippen LogP) is 4.98. The number of amides is 1. The topological polar surface area (TPSA) is 66.4 Å². The number of halogens is 3. The van der Waals surface area contributed by atoms with Crippen LogP contribution in [-0.4, -0.2) is 17.0 Å². The lowest BCUT2D eigenvalue weighted by atomic mass is 9.79. The Labute approximate surface area is 141 Å². The fourth-order valence-electron chi connectivity index (χ4n) is 2.00. The Morgan fingerprint density at radius 3 is 2.29 bits per heavy atom. The number of benzene rings is 1. The second-order valence-electron chi connectivity index (χ2n) is 4.74. The minimum atomic E-state index is -1.06. The van der Waals surface area contributed by atoms with Gasteiger partial charge in [-0.3, -0.25) is 9.59 Å². The van der Waals surface area contributed by atoms with Gasteiger partial charge in [-0.25, -0.2) is 0 Å². The molecule has 21 heavy (non-hydrogen) atoms. The Bertz CT molecular complexity index is 559. The van der Waals surface area contributed by atoms with Gasteiger partial charge in [0.1, 0.15) is 0 Å². The zero-order valence-corrected chi connectivity index (χ0v) is 14.8. The normalized spacial score (nSPS) is 11.3. The molecule has 2 N–H and O–H groups in total. The third-order valence-electron chi connectivity index (χ3n) is 3.62. The van der Waals surface area contributed by atoms with E-state index in [4.69, 9.17) is 23.2 Å². The molecule has 0 aromatic heterocycles. The molecular weight excluding hydrogens is 381 g/mol. The SMILES string of the molecule is CCC(CC)(CC(=O)Nc1ccc(Br)c(Cl)c1Cl)C(=O)O. The first-order valence-corrected chi connectivity index (χ1v) is 7.99. The summed E-state index contributed by atoms with van der Waals surface area (Å²) in [6.07, 6.45) is 0.640. The number of carbonyl (C=O) groups is 2. The first kappa shape index (κ1) is 18.3. The van der Waals surface area contributed by atoms with Gasteiger partial charge in [-0.15, -0.1) is 0 Å². The number of rotatable bonds is 6. The van der Waals surface area contributed by atoms with Gasteiger partial charge in [0.2, 0.25) is 5.91 Å². The Morgan fingerprint density at radius 2 is 1.81 bits per heavy atom. The number of carbonyl (C=O) groups excluding carboxylic acids is 1. The van der Waals surface area contributed by atoms with Crippen LogP contribution in [0.3, 0.4) is 0 Å². The van der Waals surface area contributed by atoms with Crippen LogP contribution in [0, 0.1) is 5.41 Å². The van der Waals surface area contributed by atoms with Crippen molar-refractivity contribution in [3.05, 3.63) is 26.7 Å². The van der Waals surface area contributed by atoms with Crippen LogP contribution in [0.4, 0.5) is 5.69 Å². The molecule has 1 amide bonds. The lowest BCUT2D eigenvalue weighted by Crippen LogP contribution is -2.34. The zero-order chi connectivity index (χ0) is 16.2. The molecule has 0 aliphatic heterocycles. The molecule has 1 aromatic rings. The summed E-state index contributed by atoms with van der Waals surface area (Å²) in [5, 5.41) is 12.5. The Morgan fingerprint density at radius 1 is 1.24 bits per heavy atom. The van der Waals surface area contributed by atoms with Crippen LogP contribution in [0.15, 0.2) is 16.6 Å². The summed E-state index contributed by atoms with van der Waals surface area (Å²) in [4.78, 5) is 23.5. The van der Waals surface area contributed by atoms with Crippen molar-refractivity contribution in [1.29, 1.82) is 0 Å². The molecular formula is C14H16BrCl2NO3. The van der Waals surface area contributed by atoms with Gasteiger partial charge in [0.25, 0.3) is 0 Å². The summed E-state index contributed by atoms with van der Waals surface area (Å²) in [6, 6.07) is 3.27. The van der Waals surface area contributed by atoms with E-state index in [1.54, 1.807) is 26.0 Å². The van der Waals surface area contributed by atoms with E-state index >= 15 is 0 Å². The number of nitrogens with one attached hydrogen (secondary N) is 1. The predicted molar refractivity (Wildman–Crippen MR) is 88.1 cm³/mol. The fourth-order valence-corrected chi connectivity index (χ4v) is 2.82. The van der Waals surface area contributed by atoms with Gasteiger partial charge in [-0.05, 0) is 40.9 Å². The van der Waals surface area contributed by atoms with Crippen LogP contribution in [0.2, 0.25) is 10.0 Å². The molecule has 0 radical (unpaired) electrons. The standard InChI is InChI=1S/C14H16BrCl2NO3/c1-3-14(4-2,13(20)21)7-10(19)18-9-6-5-8(15)11(16)12(9)17/h5-6H,3-4,7H2,1-2H3,(H,18,19)(H,20,21). The summed E-state index contributed by atoms with van der Waals surface area (Å²) in [6.45, 7) is 3.52. The van der Waals surface area contributed by atoms with Crippen LogP contribution in [0.25, 0.3) is 0 Å². The number of carboxylic acid groups (broad SMARTS) is 1. The molecule has 0 bridgehead atoms. The second kappa shape index (κ2) is 7.47. The molecule has 1 aromatic carbocycles. The van der Waals surface area contributed by atoms with Crippen molar-refractivity contribution in [3.8, 4) is 0 Å². The highest BCUT2D eigenvalue weighted by atomic mass is 79.9. The van der Waals surface area contributed by atoms with Crippen molar-refractivity contribution in [3.63, 3.8) is 0 Å². The van der Waals surface area contributed by atoms with Crippen molar-refractivity contribution < 1.29 is 14.7 Å². The maximum Gasteiger partial charge on any atom is 0.310 e. The van der Waals surface area contributed by atoms with Crippen LogP contribution >= 0.6 is 39.1 Å². The summed E-state index contributed by atoms with van der Waals surface area (Å²) in [5.41, 5.74) is -0.697. The van der Waals surface area contributed by atoms with E-state index in [1.165, 1.54) is 0 Å². The van der Waals surface area contributed by atoms with Gasteiger partial charge in [-0.2, -0.15) is 0 Å². The largest absolute Gasteiger partial charge is 0.481 e. The van der Waals surface area contributed by atoms with E-state index in [0.717, 1.165) is 0 Å². The van der Waals surface area contributed by atoms with Gasteiger partial charge in [-0.1, -0.05) is 37.0 Å². The van der Waals surface area contributed by atoms with E-state index in [-0.39, 0.29) is 11.4 Å². The van der Waals surface area contributed by atoms with Crippen LogP contribution in [-0.2, 0) is 9.59 Å². The van der Waals surface area contributed by atoms with Crippen molar-refractivity contribution in [1.82, 2.24) is 0 Å². The van der Waals surface area contributed by atoms with Crippen molar-refractivity contribution in [2.45, 2.75) is 33.1 Å². The summed E-state index contributed by atoms with van der Waals surface area (Å²) in [5.74, 6) is -1.37. The average molecular weight is 397 g/mol. The molecule has 0 heterocycles. The van der Waals surface area contributed by atoms with Crippen molar-refractivity contribution >= 4 is 56.7 Å². The molecule has 0 saturated heterocycles. The first-order valence-electron chi connectivity index (χ1n) is 6.44. The molecule has 7 heteroatoms. The third-order valence-corrected chi connectivity index (χ3v) is 5.39. The van der Waals surface area contributed by atoms with Gasteiger partial charge < -0.3 is 10.4 Å². The summed E-state index contributed by atoms with van der Waals surface area (Å²) in [7, 11) is 0. The number of aliphatic carboxylic acids is 1. The zero-order valence-electron chi connectivity index (χ0n) is 11.7. The lowest BCUT2D eigenvalue weighted by molar-refractivity contribution is -0.151. The molecule has 0 saturated carbocycles. The van der Waals surface area contributed by atoms with Gasteiger partial charge >= 0.3 is 5.97 Å². The monoisotopic (exact) mass is 395 g/mol. The average Bonchev–Trinajstić information content (AvgIpc) is 2.45. The molecule has 0 aliphatic carbocycles. The number of hydrogen-bond acceptors (Lipinski definition) is 2. The highest BCUT2D eigenvalue weighted by Crippen LogP contribution is 2.37. The molecule has 1 rings (SSSR count). The molecule has 0 fully saturated rings. The van der Waals surface area contributed by atoms with Crippen molar-refractivity contribution in [2.24, 2.45) is 5.41 Å². The summed E-state index contributed by atoms with van der Waals surface area (Å²) >= 11 is 15.3. The molecule has 0 unspecified atom stereocenters. The van der Waals surface area contributed by atoms with Crippen LogP contribution in [0.5, 0.6) is 0 Å². The van der Waals surface area contributed by atoms with E-state index in [0.29, 0.717) is 28.0 Å². The quantitative estimate of drug-likeness (QED) is 0.666. The number of carboxylic acids is 1. The summed E-state index contributed by atoms with van der Waals surface area (Å²) < 4.78 is 0.620. The first-order chi connectivity index (χ1) is 9.77. The molecule has 116 valence electrons. The highest BCUT2D eigenvalue weighted by Gasteiger charge is 2.37. The second-order valence-corrected chi connectivity index (χ2v) is 6.35. The molecule has 0 spiro atoms. The maximum absolute atomic E-state index is 12.1. The van der Waals surface area contributed by atoms with Gasteiger partial charge in [0.15, 0.2) is 0 Å². The highest BCUT2D eigenvalue weighted by molar-refractivity contribution is 9.10. The maximum atomic E-state index is 12.1. The minimum absolute atomic E-state index is 0.112. The van der Waals surface area contributed by atoms with Gasteiger partial charge in [0.05, 0.1) is 21.1 Å². The van der Waals surface area contributed by atoms with E-state index in [9.17, 15) is 14.7 Å². The van der Waals surface area contributed by atoms with Crippen LogP contribution in [0.1, 0.15) is 33.1 Å². The van der Waals surface area contributed by atoms with Crippen molar-refractivity contribution in [2.75, 3.05) is 5.32 Å². The Hall–Kier alpha value is -0.780. The Kier molecular flexibility index (Phi) is 6.50. The third kappa shape index (κ3) is 4.11. The fraction of sp³-hybridized carbons (Fsp3) is 0.429. The molecule has 0 aliphatic rings. The van der Waals surface area contributed by atoms with E-state index in [1.807, 2.05) is 0 Å². The van der Waals surface area contributed by atoms with Gasteiger partial charge in [0, 0.05) is 10.9 Å². The lowest BCUT2D eigenvalue weighted by Gasteiger charge is -2.26. The molecule has 4 nitrogen and oxygen atoms in total.